The molecule has 0 atom stereocenters. The molecule has 23 heavy (non-hydrogen) atoms. The molecule has 2 nitrogen and oxygen atoms in total. The van der Waals surface area contributed by atoms with Crippen LogP contribution in [0.25, 0.3) is 0 Å². The summed E-state index contributed by atoms with van der Waals surface area (Å²) >= 11 is 0. The number of aryl methyl sites for hydroxylation is 1. The predicted octanol–water partition coefficient (Wildman–Crippen LogP) is 5.47. The first-order chi connectivity index (χ1) is 10.8. The maximum absolute atomic E-state index is 11.9. The second-order valence-electron chi connectivity index (χ2n) is 8.48. The Morgan fingerprint density at radius 1 is 1.09 bits per heavy atom. The lowest BCUT2D eigenvalue weighted by Crippen LogP contribution is -2.27. The molecule has 0 radical (unpaired) electrons. The van der Waals surface area contributed by atoms with Crippen LogP contribution in [0.3, 0.4) is 0 Å². The van der Waals surface area contributed by atoms with Gasteiger partial charge in [0.1, 0.15) is 12.0 Å². The molecular formula is C21H32O2. The summed E-state index contributed by atoms with van der Waals surface area (Å²) in [6.07, 6.45) is 10.1. The van der Waals surface area contributed by atoms with E-state index in [1.165, 1.54) is 31.1 Å². The molecule has 0 unspecified atom stereocenters. The summed E-state index contributed by atoms with van der Waals surface area (Å²) < 4.78 is 0. The fraction of sp³-hybridized carbons (Fsp3) is 0.667. The number of aldehydes is 1. The van der Waals surface area contributed by atoms with E-state index in [9.17, 15) is 9.90 Å². The Morgan fingerprint density at radius 2 is 1.65 bits per heavy atom. The number of carbonyl (C=O) groups excluding carboxylic acids is 1. The van der Waals surface area contributed by atoms with E-state index < -0.39 is 0 Å². The van der Waals surface area contributed by atoms with Crippen LogP contribution in [-0.4, -0.2) is 11.4 Å². The van der Waals surface area contributed by atoms with E-state index >= 15 is 0 Å². The molecule has 2 heteroatoms. The van der Waals surface area contributed by atoms with Crippen LogP contribution in [0.1, 0.15) is 82.4 Å². The summed E-state index contributed by atoms with van der Waals surface area (Å²) in [5.41, 5.74) is 2.79. The number of hydrogen-bond donors (Lipinski definition) is 1. The van der Waals surface area contributed by atoms with Gasteiger partial charge in [-0.25, -0.2) is 0 Å². The standard InChI is InChI=1S/C21H32O2/c1-16-12-17(13-18(19(16)23)20(2,3)4)14-21(15-22)10-8-6-5-7-9-11-21/h12-13,15,23H,5-11,14H2,1-4H3. The molecule has 1 N–H and O–H groups in total. The Bertz CT molecular complexity index is 544. The van der Waals surface area contributed by atoms with Gasteiger partial charge in [0, 0.05) is 5.41 Å². The van der Waals surface area contributed by atoms with Gasteiger partial charge >= 0.3 is 0 Å². The van der Waals surface area contributed by atoms with Gasteiger partial charge in [-0.3, -0.25) is 0 Å². The van der Waals surface area contributed by atoms with E-state index in [2.05, 4.69) is 32.9 Å². The molecule has 128 valence electrons. The number of rotatable bonds is 3. The first-order valence-electron chi connectivity index (χ1n) is 9.07. The lowest BCUT2D eigenvalue weighted by atomic mass is 9.72. The molecule has 0 aliphatic heterocycles. The first kappa shape index (κ1) is 18.0. The second-order valence-corrected chi connectivity index (χ2v) is 8.48. The summed E-state index contributed by atoms with van der Waals surface area (Å²) in [5.74, 6) is 0.402. The fourth-order valence-electron chi connectivity index (χ4n) is 3.88. The minimum atomic E-state index is -0.209. The fourth-order valence-corrected chi connectivity index (χ4v) is 3.88. The Labute approximate surface area is 141 Å². The van der Waals surface area contributed by atoms with Crippen molar-refractivity contribution in [3.05, 3.63) is 28.8 Å². The van der Waals surface area contributed by atoms with Crippen molar-refractivity contribution in [2.24, 2.45) is 5.41 Å². The highest BCUT2D eigenvalue weighted by Crippen LogP contribution is 2.39. The molecule has 0 heterocycles. The highest BCUT2D eigenvalue weighted by Gasteiger charge is 2.31. The van der Waals surface area contributed by atoms with Gasteiger partial charge in [-0.2, -0.15) is 0 Å². The van der Waals surface area contributed by atoms with Crippen molar-refractivity contribution >= 4 is 6.29 Å². The third-order valence-electron chi connectivity index (χ3n) is 5.32. The van der Waals surface area contributed by atoms with Gasteiger partial charge in [0.05, 0.1) is 0 Å². The number of aromatic hydroxyl groups is 1. The maximum atomic E-state index is 11.9. The summed E-state index contributed by atoms with van der Waals surface area (Å²) in [4.78, 5) is 11.9. The van der Waals surface area contributed by atoms with Gasteiger partial charge in [0.15, 0.2) is 0 Å². The summed E-state index contributed by atoms with van der Waals surface area (Å²) in [6, 6.07) is 4.18. The number of phenolic OH excluding ortho intramolecular Hbond substituents is 1. The lowest BCUT2D eigenvalue weighted by Gasteiger charge is -2.31. The zero-order valence-corrected chi connectivity index (χ0v) is 15.2. The molecule has 0 aromatic heterocycles. The molecule has 0 amide bonds. The van der Waals surface area contributed by atoms with Crippen LogP contribution < -0.4 is 0 Å². The highest BCUT2D eigenvalue weighted by molar-refractivity contribution is 5.60. The van der Waals surface area contributed by atoms with E-state index in [1.807, 2.05) is 6.92 Å². The Hall–Kier alpha value is -1.31. The Balaban J connectivity index is 2.33. The molecule has 1 saturated carbocycles. The molecule has 1 fully saturated rings. The minimum Gasteiger partial charge on any atom is -0.507 e. The molecule has 1 aliphatic rings. The predicted molar refractivity (Wildman–Crippen MR) is 96.1 cm³/mol. The van der Waals surface area contributed by atoms with Crippen molar-refractivity contribution in [1.29, 1.82) is 0 Å². The van der Waals surface area contributed by atoms with Crippen LogP contribution in [0.5, 0.6) is 5.75 Å². The monoisotopic (exact) mass is 316 g/mol. The minimum absolute atomic E-state index is 0.0971. The van der Waals surface area contributed by atoms with Crippen LogP contribution in [0.15, 0.2) is 12.1 Å². The van der Waals surface area contributed by atoms with Crippen LogP contribution in [0.2, 0.25) is 0 Å². The molecule has 1 aromatic carbocycles. The van der Waals surface area contributed by atoms with E-state index in [0.29, 0.717) is 5.75 Å². The number of hydrogen-bond acceptors (Lipinski definition) is 2. The van der Waals surface area contributed by atoms with Crippen molar-refractivity contribution < 1.29 is 9.90 Å². The largest absolute Gasteiger partial charge is 0.507 e. The quantitative estimate of drug-likeness (QED) is 0.751. The maximum Gasteiger partial charge on any atom is 0.126 e. The van der Waals surface area contributed by atoms with Gasteiger partial charge < -0.3 is 9.90 Å². The molecule has 0 spiro atoms. The van der Waals surface area contributed by atoms with Crippen LogP contribution in [0.4, 0.5) is 0 Å². The van der Waals surface area contributed by atoms with Crippen LogP contribution >= 0.6 is 0 Å². The van der Waals surface area contributed by atoms with E-state index in [-0.39, 0.29) is 10.8 Å². The molecule has 1 aromatic rings. The first-order valence-corrected chi connectivity index (χ1v) is 9.07. The third kappa shape index (κ3) is 4.37. The Morgan fingerprint density at radius 3 is 2.17 bits per heavy atom. The molecule has 1 aliphatic carbocycles. The average Bonchev–Trinajstić information content (AvgIpc) is 2.44. The average molecular weight is 316 g/mol. The molecule has 0 saturated heterocycles. The van der Waals surface area contributed by atoms with Gasteiger partial charge in [-0.05, 0) is 48.3 Å². The number of benzene rings is 1. The number of carbonyl (C=O) groups is 1. The van der Waals surface area contributed by atoms with Crippen molar-refractivity contribution in [3.63, 3.8) is 0 Å². The Kier molecular flexibility index (Phi) is 5.54. The van der Waals surface area contributed by atoms with Crippen molar-refractivity contribution in [3.8, 4) is 5.75 Å². The van der Waals surface area contributed by atoms with Gasteiger partial charge in [0.25, 0.3) is 0 Å². The summed E-state index contributed by atoms with van der Waals surface area (Å²) in [6.45, 7) is 8.32. The third-order valence-corrected chi connectivity index (χ3v) is 5.32. The van der Waals surface area contributed by atoms with Crippen molar-refractivity contribution in [1.82, 2.24) is 0 Å². The van der Waals surface area contributed by atoms with Crippen molar-refractivity contribution in [2.75, 3.05) is 0 Å². The van der Waals surface area contributed by atoms with Crippen LogP contribution in [-0.2, 0) is 16.6 Å². The van der Waals surface area contributed by atoms with E-state index in [0.717, 1.165) is 43.2 Å². The summed E-state index contributed by atoms with van der Waals surface area (Å²) in [7, 11) is 0. The van der Waals surface area contributed by atoms with Crippen LogP contribution in [0, 0.1) is 12.3 Å². The second kappa shape index (κ2) is 7.07. The van der Waals surface area contributed by atoms with Gasteiger partial charge in [-0.15, -0.1) is 0 Å². The zero-order chi connectivity index (χ0) is 17.1. The molecule has 0 bridgehead atoms. The van der Waals surface area contributed by atoms with Gasteiger partial charge in [-0.1, -0.05) is 65.0 Å². The highest BCUT2D eigenvalue weighted by atomic mass is 16.3. The smallest absolute Gasteiger partial charge is 0.126 e. The number of phenols is 1. The van der Waals surface area contributed by atoms with Crippen molar-refractivity contribution in [2.45, 2.75) is 84.5 Å². The van der Waals surface area contributed by atoms with Gasteiger partial charge in [0.2, 0.25) is 0 Å². The summed E-state index contributed by atoms with van der Waals surface area (Å²) in [5, 5.41) is 10.4. The zero-order valence-electron chi connectivity index (χ0n) is 15.2. The van der Waals surface area contributed by atoms with E-state index in [1.54, 1.807) is 0 Å². The normalized spacial score (nSPS) is 19.0. The molecule has 2 rings (SSSR count). The molecular weight excluding hydrogens is 284 g/mol. The SMILES string of the molecule is Cc1cc(CC2(C=O)CCCCCCC2)cc(C(C)(C)C)c1O. The topological polar surface area (TPSA) is 37.3 Å². The van der Waals surface area contributed by atoms with E-state index in [4.69, 9.17) is 0 Å². The lowest BCUT2D eigenvalue weighted by molar-refractivity contribution is -0.117.